The van der Waals surface area contributed by atoms with Crippen LogP contribution in [0.3, 0.4) is 0 Å². The molecule has 0 fully saturated rings. The van der Waals surface area contributed by atoms with E-state index < -0.39 is 0 Å². The van der Waals surface area contributed by atoms with E-state index in [2.05, 4.69) is 15.6 Å². The summed E-state index contributed by atoms with van der Waals surface area (Å²) in [6.45, 7) is 0.890. The SMILES string of the molecule is N#CCCCCn1ccnc1-c1ccc(N)cc1. The second-order valence-electron chi connectivity index (χ2n) is 4.18. The van der Waals surface area contributed by atoms with Gasteiger partial charge in [-0.3, -0.25) is 0 Å². The van der Waals surface area contributed by atoms with Crippen molar-refractivity contribution in [3.05, 3.63) is 36.7 Å². The third kappa shape index (κ3) is 2.89. The number of nitriles is 1. The van der Waals surface area contributed by atoms with E-state index in [0.29, 0.717) is 6.42 Å². The predicted octanol–water partition coefficient (Wildman–Crippen LogP) is 2.83. The Labute approximate surface area is 107 Å². The molecular formula is C14H16N4. The van der Waals surface area contributed by atoms with Gasteiger partial charge in [-0.15, -0.1) is 0 Å². The molecule has 0 atom stereocenters. The average molecular weight is 240 g/mol. The summed E-state index contributed by atoms with van der Waals surface area (Å²) in [6, 6.07) is 9.87. The topological polar surface area (TPSA) is 67.6 Å². The van der Waals surface area contributed by atoms with E-state index in [-0.39, 0.29) is 0 Å². The van der Waals surface area contributed by atoms with E-state index in [9.17, 15) is 0 Å². The summed E-state index contributed by atoms with van der Waals surface area (Å²) in [4.78, 5) is 4.37. The van der Waals surface area contributed by atoms with E-state index in [1.807, 2.05) is 30.5 Å². The fraction of sp³-hybridized carbons (Fsp3) is 0.286. The van der Waals surface area contributed by atoms with Crippen LogP contribution in [-0.2, 0) is 6.54 Å². The third-order valence-electron chi connectivity index (χ3n) is 2.82. The number of nitrogens with two attached hydrogens (primary N) is 1. The minimum absolute atomic E-state index is 0.617. The molecule has 0 aliphatic carbocycles. The molecule has 1 aromatic carbocycles. The number of hydrogen-bond acceptors (Lipinski definition) is 3. The fourth-order valence-corrected chi connectivity index (χ4v) is 1.87. The molecular weight excluding hydrogens is 224 g/mol. The summed E-state index contributed by atoms with van der Waals surface area (Å²) in [6.07, 6.45) is 6.31. The van der Waals surface area contributed by atoms with Crippen molar-refractivity contribution < 1.29 is 0 Å². The van der Waals surface area contributed by atoms with Crippen LogP contribution < -0.4 is 5.73 Å². The van der Waals surface area contributed by atoms with Crippen molar-refractivity contribution in [3.8, 4) is 17.5 Å². The molecule has 0 aliphatic heterocycles. The number of hydrogen-bond donors (Lipinski definition) is 1. The number of rotatable bonds is 5. The van der Waals surface area contributed by atoms with Crippen LogP contribution in [0, 0.1) is 11.3 Å². The smallest absolute Gasteiger partial charge is 0.139 e. The molecule has 4 heteroatoms. The maximum absolute atomic E-state index is 8.50. The van der Waals surface area contributed by atoms with Crippen molar-refractivity contribution >= 4 is 5.69 Å². The van der Waals surface area contributed by atoms with Crippen molar-refractivity contribution in [2.45, 2.75) is 25.8 Å². The molecule has 0 unspecified atom stereocenters. The van der Waals surface area contributed by atoms with E-state index >= 15 is 0 Å². The zero-order chi connectivity index (χ0) is 12.8. The Morgan fingerprint density at radius 1 is 1.22 bits per heavy atom. The summed E-state index contributed by atoms with van der Waals surface area (Å²) in [5.74, 6) is 0.951. The van der Waals surface area contributed by atoms with Crippen LogP contribution in [-0.4, -0.2) is 9.55 Å². The van der Waals surface area contributed by atoms with Gasteiger partial charge in [0, 0.05) is 36.6 Å². The van der Waals surface area contributed by atoms with E-state index in [4.69, 9.17) is 11.0 Å². The largest absolute Gasteiger partial charge is 0.399 e. The van der Waals surface area contributed by atoms with Crippen molar-refractivity contribution in [2.75, 3.05) is 5.73 Å². The molecule has 4 nitrogen and oxygen atoms in total. The second-order valence-corrected chi connectivity index (χ2v) is 4.18. The number of imidazole rings is 1. The first-order valence-electron chi connectivity index (χ1n) is 6.05. The number of aryl methyl sites for hydroxylation is 1. The Balaban J connectivity index is 2.08. The lowest BCUT2D eigenvalue weighted by atomic mass is 10.2. The lowest BCUT2D eigenvalue weighted by Gasteiger charge is -2.07. The Kier molecular flexibility index (Phi) is 3.98. The Morgan fingerprint density at radius 2 is 2.00 bits per heavy atom. The number of aromatic nitrogens is 2. The molecule has 2 aromatic rings. The molecule has 0 bridgehead atoms. The molecule has 0 spiro atoms. The highest BCUT2D eigenvalue weighted by atomic mass is 15.1. The summed E-state index contributed by atoms with van der Waals surface area (Å²) < 4.78 is 2.11. The quantitative estimate of drug-likeness (QED) is 0.645. The minimum atomic E-state index is 0.617. The van der Waals surface area contributed by atoms with Crippen LogP contribution in [0.25, 0.3) is 11.4 Å². The molecule has 0 aliphatic rings. The molecule has 0 radical (unpaired) electrons. The summed E-state index contributed by atoms with van der Waals surface area (Å²) in [5.41, 5.74) is 7.49. The zero-order valence-corrected chi connectivity index (χ0v) is 10.2. The number of benzene rings is 1. The van der Waals surface area contributed by atoms with Crippen LogP contribution in [0.2, 0.25) is 0 Å². The number of nitrogen functional groups attached to an aromatic ring is 1. The van der Waals surface area contributed by atoms with E-state index in [0.717, 1.165) is 36.5 Å². The first-order chi connectivity index (χ1) is 8.81. The van der Waals surface area contributed by atoms with E-state index in [1.54, 1.807) is 6.20 Å². The molecule has 0 saturated heterocycles. The number of nitrogens with zero attached hydrogens (tertiary/aromatic N) is 3. The van der Waals surface area contributed by atoms with Crippen LogP contribution in [0.1, 0.15) is 19.3 Å². The van der Waals surface area contributed by atoms with Gasteiger partial charge in [0.25, 0.3) is 0 Å². The summed E-state index contributed by atoms with van der Waals surface area (Å²) in [5, 5.41) is 8.50. The Bertz CT molecular complexity index is 534. The van der Waals surface area contributed by atoms with Crippen LogP contribution in [0.15, 0.2) is 36.7 Å². The first-order valence-corrected chi connectivity index (χ1v) is 6.05. The van der Waals surface area contributed by atoms with Crippen LogP contribution in [0.4, 0.5) is 5.69 Å². The molecule has 92 valence electrons. The van der Waals surface area contributed by atoms with Crippen molar-refractivity contribution in [1.82, 2.24) is 9.55 Å². The van der Waals surface area contributed by atoms with Crippen LogP contribution in [0.5, 0.6) is 0 Å². The summed E-state index contributed by atoms with van der Waals surface area (Å²) in [7, 11) is 0. The van der Waals surface area contributed by atoms with Crippen LogP contribution >= 0.6 is 0 Å². The molecule has 18 heavy (non-hydrogen) atoms. The molecule has 1 heterocycles. The molecule has 1 aromatic heterocycles. The zero-order valence-electron chi connectivity index (χ0n) is 10.2. The minimum Gasteiger partial charge on any atom is -0.399 e. The highest BCUT2D eigenvalue weighted by Crippen LogP contribution is 2.19. The molecule has 2 N–H and O–H groups in total. The summed E-state index contributed by atoms with van der Waals surface area (Å²) >= 11 is 0. The first kappa shape index (κ1) is 12.2. The third-order valence-corrected chi connectivity index (χ3v) is 2.82. The normalized spacial score (nSPS) is 10.2. The predicted molar refractivity (Wildman–Crippen MR) is 71.5 cm³/mol. The Morgan fingerprint density at radius 3 is 2.72 bits per heavy atom. The van der Waals surface area contributed by atoms with Gasteiger partial charge >= 0.3 is 0 Å². The van der Waals surface area contributed by atoms with Gasteiger partial charge in [0.05, 0.1) is 6.07 Å². The van der Waals surface area contributed by atoms with Gasteiger partial charge in [0.1, 0.15) is 5.82 Å². The van der Waals surface area contributed by atoms with Gasteiger partial charge in [-0.05, 0) is 37.1 Å². The highest BCUT2D eigenvalue weighted by Gasteiger charge is 2.05. The molecule has 0 amide bonds. The average Bonchev–Trinajstić information content (AvgIpc) is 2.84. The van der Waals surface area contributed by atoms with Crippen molar-refractivity contribution in [1.29, 1.82) is 5.26 Å². The lowest BCUT2D eigenvalue weighted by Crippen LogP contribution is -1.99. The monoisotopic (exact) mass is 240 g/mol. The van der Waals surface area contributed by atoms with Gasteiger partial charge < -0.3 is 10.3 Å². The fourth-order valence-electron chi connectivity index (χ4n) is 1.87. The van der Waals surface area contributed by atoms with Gasteiger partial charge in [-0.25, -0.2) is 4.98 Å². The highest BCUT2D eigenvalue weighted by molar-refractivity contribution is 5.59. The number of anilines is 1. The number of unbranched alkanes of at least 4 members (excludes halogenated alkanes) is 2. The van der Waals surface area contributed by atoms with Gasteiger partial charge in [-0.1, -0.05) is 0 Å². The lowest BCUT2D eigenvalue weighted by molar-refractivity contribution is 0.620. The van der Waals surface area contributed by atoms with Gasteiger partial charge in [0.2, 0.25) is 0 Å². The van der Waals surface area contributed by atoms with Gasteiger partial charge in [-0.2, -0.15) is 5.26 Å². The van der Waals surface area contributed by atoms with Gasteiger partial charge in [0.15, 0.2) is 0 Å². The van der Waals surface area contributed by atoms with E-state index in [1.165, 1.54) is 0 Å². The second kappa shape index (κ2) is 5.87. The standard InChI is InChI=1S/C14H16N4/c15-8-2-1-3-10-18-11-9-17-14(18)12-4-6-13(16)7-5-12/h4-7,9,11H,1-3,10,16H2. The van der Waals surface area contributed by atoms with Crippen molar-refractivity contribution in [3.63, 3.8) is 0 Å². The molecule has 0 saturated carbocycles. The Hall–Kier alpha value is -2.28. The maximum atomic E-state index is 8.50. The maximum Gasteiger partial charge on any atom is 0.139 e. The van der Waals surface area contributed by atoms with Crippen molar-refractivity contribution in [2.24, 2.45) is 0 Å². The molecule has 2 rings (SSSR count).